The average molecular weight is 343 g/mol. The summed E-state index contributed by atoms with van der Waals surface area (Å²) >= 11 is 0. The number of unbranched alkanes of at least 4 members (excludes halogenated alkanes) is 4. The van der Waals surface area contributed by atoms with E-state index in [-0.39, 0.29) is 5.57 Å². The highest BCUT2D eigenvalue weighted by molar-refractivity contribution is 6.50. The van der Waals surface area contributed by atoms with Crippen LogP contribution in [0.25, 0.3) is 16.3 Å². The second-order valence-electron chi connectivity index (χ2n) is 6.93. The first kappa shape index (κ1) is 16.7. The van der Waals surface area contributed by atoms with Crippen molar-refractivity contribution in [2.75, 3.05) is 6.54 Å². The summed E-state index contributed by atoms with van der Waals surface area (Å²) < 4.78 is 0. The molecule has 0 atom stereocenters. The van der Waals surface area contributed by atoms with E-state index in [0.29, 0.717) is 5.71 Å². The van der Waals surface area contributed by atoms with E-state index in [1.54, 1.807) is 0 Å². The molecule has 4 heteroatoms. The Hall–Kier alpha value is -2.77. The van der Waals surface area contributed by atoms with Crippen molar-refractivity contribution in [3.8, 4) is 6.07 Å². The summed E-state index contributed by atoms with van der Waals surface area (Å²) in [5.41, 5.74) is 10.4. The van der Waals surface area contributed by atoms with Gasteiger partial charge in [-0.25, -0.2) is 4.99 Å². The molecule has 2 N–H and O–H groups in total. The molecule has 1 aliphatic carbocycles. The number of nitriles is 1. The van der Waals surface area contributed by atoms with Gasteiger partial charge in [-0.1, -0.05) is 49.6 Å². The first-order chi connectivity index (χ1) is 12.8. The predicted octanol–water partition coefficient (Wildman–Crippen LogP) is 3.91. The lowest BCUT2D eigenvalue weighted by Crippen LogP contribution is -1.98. The molecule has 0 radical (unpaired) electrons. The molecule has 0 saturated carbocycles. The summed E-state index contributed by atoms with van der Waals surface area (Å²) in [6.07, 6.45) is 6.97. The molecule has 4 nitrogen and oxygen atoms in total. The topological polar surface area (TPSA) is 79.2 Å². The zero-order valence-corrected chi connectivity index (χ0v) is 14.7. The van der Waals surface area contributed by atoms with Gasteiger partial charge in [0.2, 0.25) is 0 Å². The monoisotopic (exact) mass is 343 g/mol. The Morgan fingerprint density at radius 3 is 2.62 bits per heavy atom. The number of nitrogens with zero attached hydrogens (tertiary/aromatic N) is 2. The smallest absolute Gasteiger partial charge is 0.288 e. The molecule has 1 heterocycles. The molecule has 0 unspecified atom stereocenters. The lowest BCUT2D eigenvalue weighted by atomic mass is 9.95. The van der Waals surface area contributed by atoms with Crippen LogP contribution in [0.2, 0.25) is 0 Å². The highest BCUT2D eigenvalue weighted by atomic mass is 16.1. The number of rotatable bonds is 7. The van der Waals surface area contributed by atoms with E-state index in [2.05, 4.69) is 23.2 Å². The fourth-order valence-corrected chi connectivity index (χ4v) is 4.08. The molecule has 26 heavy (non-hydrogen) atoms. The molecule has 2 aromatic rings. The van der Waals surface area contributed by atoms with Crippen LogP contribution in [0.15, 0.2) is 40.9 Å². The molecule has 0 spiro atoms. The van der Waals surface area contributed by atoms with Crippen LogP contribution >= 0.6 is 0 Å². The summed E-state index contributed by atoms with van der Waals surface area (Å²) in [6, 6.07) is 12.4. The minimum Gasteiger partial charge on any atom is -0.330 e. The molecule has 0 aromatic heterocycles. The van der Waals surface area contributed by atoms with Gasteiger partial charge in [0.1, 0.15) is 11.6 Å². The van der Waals surface area contributed by atoms with Gasteiger partial charge in [-0.2, -0.15) is 5.26 Å². The number of nitrogens with two attached hydrogens (primary N) is 1. The normalized spacial score (nSPS) is 14.8. The maximum absolute atomic E-state index is 12.0. The maximum atomic E-state index is 12.0. The van der Waals surface area contributed by atoms with E-state index in [1.807, 2.05) is 18.2 Å². The molecule has 1 amide bonds. The number of fused-ring (bicyclic) bond motifs is 3. The molecule has 0 bridgehead atoms. The second kappa shape index (κ2) is 6.86. The van der Waals surface area contributed by atoms with Gasteiger partial charge in [0.05, 0.1) is 5.71 Å². The predicted molar refractivity (Wildman–Crippen MR) is 104 cm³/mol. The van der Waals surface area contributed by atoms with Gasteiger partial charge in [0.15, 0.2) is 0 Å². The number of allylic oxidation sites excluding steroid dienone is 1. The van der Waals surface area contributed by atoms with Gasteiger partial charge < -0.3 is 5.73 Å². The summed E-state index contributed by atoms with van der Waals surface area (Å²) in [5.74, 6) is -0.415. The van der Waals surface area contributed by atoms with Crippen LogP contribution in [0, 0.1) is 11.3 Å². The molecule has 2 aliphatic rings. The molecule has 4 rings (SSSR count). The third-order valence-electron chi connectivity index (χ3n) is 5.33. The van der Waals surface area contributed by atoms with Crippen LogP contribution in [0.5, 0.6) is 0 Å². The van der Waals surface area contributed by atoms with Crippen LogP contribution in [-0.2, 0) is 11.2 Å². The van der Waals surface area contributed by atoms with Crippen molar-refractivity contribution in [1.82, 2.24) is 0 Å². The molecule has 0 fully saturated rings. The number of carbonyl (C=O) groups excluding carboxylic acids is 1. The van der Waals surface area contributed by atoms with E-state index >= 15 is 0 Å². The van der Waals surface area contributed by atoms with Gasteiger partial charge in [0.25, 0.3) is 5.91 Å². The molecule has 2 aromatic carbocycles. The van der Waals surface area contributed by atoms with E-state index in [4.69, 9.17) is 5.73 Å². The Labute approximate surface area is 153 Å². The number of aryl methyl sites for hydroxylation is 1. The summed E-state index contributed by atoms with van der Waals surface area (Å²) in [7, 11) is 0. The quantitative estimate of drug-likeness (QED) is 0.774. The molecule has 0 saturated heterocycles. The van der Waals surface area contributed by atoms with Gasteiger partial charge in [-0.15, -0.1) is 0 Å². The van der Waals surface area contributed by atoms with Gasteiger partial charge >= 0.3 is 0 Å². The number of hydrogen-bond acceptors (Lipinski definition) is 3. The number of aliphatic imine (C=N–C) groups is 1. The van der Waals surface area contributed by atoms with Crippen molar-refractivity contribution in [2.24, 2.45) is 10.7 Å². The van der Waals surface area contributed by atoms with Crippen molar-refractivity contribution in [1.29, 1.82) is 5.26 Å². The van der Waals surface area contributed by atoms with E-state index in [0.717, 1.165) is 47.9 Å². The van der Waals surface area contributed by atoms with Crippen LogP contribution in [-0.4, -0.2) is 18.2 Å². The first-order valence-corrected chi connectivity index (χ1v) is 9.29. The molecular weight excluding hydrogens is 322 g/mol. The largest absolute Gasteiger partial charge is 0.330 e. The minimum absolute atomic E-state index is 0.171. The summed E-state index contributed by atoms with van der Waals surface area (Å²) in [6.45, 7) is 0.780. The Kier molecular flexibility index (Phi) is 4.40. The summed E-state index contributed by atoms with van der Waals surface area (Å²) in [4.78, 5) is 16.1. The average Bonchev–Trinajstić information content (AvgIpc) is 3.14. The first-order valence-electron chi connectivity index (χ1n) is 9.29. The van der Waals surface area contributed by atoms with E-state index in [9.17, 15) is 10.1 Å². The van der Waals surface area contributed by atoms with Crippen molar-refractivity contribution >= 4 is 28.0 Å². The minimum atomic E-state index is -0.415. The number of amides is 1. The van der Waals surface area contributed by atoms with Gasteiger partial charge in [0, 0.05) is 11.1 Å². The lowest BCUT2D eigenvalue weighted by molar-refractivity contribution is -0.113. The van der Waals surface area contributed by atoms with E-state index < -0.39 is 5.91 Å². The van der Waals surface area contributed by atoms with E-state index in [1.165, 1.54) is 30.2 Å². The van der Waals surface area contributed by atoms with Gasteiger partial charge in [-0.05, 0) is 47.7 Å². The number of hydrogen-bond donors (Lipinski definition) is 1. The second-order valence-corrected chi connectivity index (χ2v) is 6.93. The molecule has 130 valence electrons. The Morgan fingerprint density at radius 2 is 1.81 bits per heavy atom. The molecular formula is C22H21N3O. The third-order valence-corrected chi connectivity index (χ3v) is 5.33. The third kappa shape index (κ3) is 2.56. The van der Waals surface area contributed by atoms with Gasteiger partial charge in [-0.3, -0.25) is 4.79 Å². The van der Waals surface area contributed by atoms with Crippen molar-refractivity contribution in [3.63, 3.8) is 0 Å². The van der Waals surface area contributed by atoms with Crippen LogP contribution in [0.1, 0.15) is 48.8 Å². The Bertz CT molecular complexity index is 1010. The zero-order chi connectivity index (χ0) is 18.1. The van der Waals surface area contributed by atoms with Crippen molar-refractivity contribution in [3.05, 3.63) is 52.6 Å². The Morgan fingerprint density at radius 1 is 1.00 bits per heavy atom. The number of carbonyl (C=O) groups is 1. The highest BCUT2D eigenvalue weighted by Gasteiger charge is 2.35. The van der Waals surface area contributed by atoms with Crippen molar-refractivity contribution in [2.45, 2.75) is 38.5 Å². The zero-order valence-electron chi connectivity index (χ0n) is 14.7. The number of benzene rings is 2. The maximum Gasteiger partial charge on any atom is 0.288 e. The fraction of sp³-hybridized carbons (Fsp3) is 0.318. The Balaban J connectivity index is 1.66. The fourth-order valence-electron chi connectivity index (χ4n) is 4.08. The van der Waals surface area contributed by atoms with Crippen LogP contribution in [0.3, 0.4) is 0 Å². The van der Waals surface area contributed by atoms with Crippen LogP contribution in [0.4, 0.5) is 0 Å². The summed E-state index contributed by atoms with van der Waals surface area (Å²) in [5, 5.41) is 11.7. The highest BCUT2D eigenvalue weighted by Crippen LogP contribution is 2.43. The standard InChI is InChI=1S/C22H21N3O/c23-12-5-3-1-2-4-7-14-10-11-17-19-15(14)8-6-9-16(19)20-18(13-24)22(26)25-21(17)20/h6,8-11H,1-5,7,12,23H2. The molecule has 1 aliphatic heterocycles. The SMILES string of the molecule is N#CC1=C2C(=NC1=O)c1ccc(CCCCCCCN)c3cccc2c13. The van der Waals surface area contributed by atoms with Crippen LogP contribution < -0.4 is 5.73 Å². The van der Waals surface area contributed by atoms with Crippen molar-refractivity contribution < 1.29 is 4.79 Å². The lowest BCUT2D eigenvalue weighted by Gasteiger charge is -2.09.